The second-order valence-electron chi connectivity index (χ2n) is 3.22. The summed E-state index contributed by atoms with van der Waals surface area (Å²) in [6.07, 6.45) is -0.639. The summed E-state index contributed by atoms with van der Waals surface area (Å²) in [7, 11) is -3.44. The molecule has 1 fully saturated rings. The highest BCUT2D eigenvalue weighted by molar-refractivity contribution is 7.87. The van der Waals surface area contributed by atoms with E-state index in [9.17, 15) is 13.2 Å². The first-order valence-electron chi connectivity index (χ1n) is 3.98. The molecule has 13 heavy (non-hydrogen) atoms. The zero-order chi connectivity index (χ0) is 10.1. The van der Waals surface area contributed by atoms with Gasteiger partial charge in [0.2, 0.25) is 0 Å². The van der Waals surface area contributed by atoms with Gasteiger partial charge in [-0.05, 0) is 0 Å². The van der Waals surface area contributed by atoms with E-state index in [-0.39, 0.29) is 18.3 Å². The maximum Gasteiger partial charge on any atom is 0.308 e. The van der Waals surface area contributed by atoms with Crippen LogP contribution in [0.3, 0.4) is 0 Å². The lowest BCUT2D eigenvalue weighted by molar-refractivity contribution is -0.152. The van der Waals surface area contributed by atoms with E-state index in [0.29, 0.717) is 0 Å². The number of carbonyl (C=O) groups is 1. The van der Waals surface area contributed by atoms with E-state index in [4.69, 9.17) is 4.74 Å². The Kier molecular flexibility index (Phi) is 2.92. The number of hydrogen-bond acceptors (Lipinski definition) is 5. The molecule has 0 aromatic carbocycles. The highest BCUT2D eigenvalue weighted by Crippen LogP contribution is 2.13. The molecule has 0 saturated carbocycles. The molecule has 0 aromatic rings. The summed E-state index contributed by atoms with van der Waals surface area (Å²) in [6, 6.07) is 0. The van der Waals surface area contributed by atoms with Gasteiger partial charge in [0.1, 0.15) is 18.5 Å². The van der Waals surface area contributed by atoms with Crippen molar-refractivity contribution in [1.29, 1.82) is 0 Å². The second kappa shape index (κ2) is 3.63. The highest BCUT2D eigenvalue weighted by Gasteiger charge is 2.32. The van der Waals surface area contributed by atoms with Crippen molar-refractivity contribution in [1.82, 2.24) is 0 Å². The van der Waals surface area contributed by atoms with Gasteiger partial charge < -0.3 is 4.74 Å². The van der Waals surface area contributed by atoms with Crippen molar-refractivity contribution in [3.8, 4) is 0 Å². The van der Waals surface area contributed by atoms with Crippen LogP contribution in [0.15, 0.2) is 0 Å². The Morgan fingerprint density at radius 2 is 2.15 bits per heavy atom. The molecule has 1 unspecified atom stereocenters. The molecule has 0 bridgehead atoms. The van der Waals surface area contributed by atoms with Crippen molar-refractivity contribution >= 4 is 16.1 Å². The standard InChI is InChI=1S/C7H12O5S/c1-5(2)7(8)12-6-3-11-13(9,10)4-6/h5-6H,3-4H2,1-2H3. The Labute approximate surface area is 77.1 Å². The summed E-state index contributed by atoms with van der Waals surface area (Å²) in [5, 5.41) is 0. The molecule has 0 aliphatic carbocycles. The molecule has 6 heteroatoms. The molecule has 1 aliphatic heterocycles. The van der Waals surface area contributed by atoms with Gasteiger partial charge in [-0.25, -0.2) is 0 Å². The van der Waals surface area contributed by atoms with Crippen LogP contribution in [0.25, 0.3) is 0 Å². The van der Waals surface area contributed by atoms with Gasteiger partial charge in [-0.2, -0.15) is 8.42 Å². The number of esters is 1. The fourth-order valence-electron chi connectivity index (χ4n) is 0.872. The average Bonchev–Trinajstić information content (AvgIpc) is 2.30. The minimum absolute atomic E-state index is 0.0548. The lowest BCUT2D eigenvalue weighted by Gasteiger charge is -2.10. The third-order valence-electron chi connectivity index (χ3n) is 1.58. The Bertz CT molecular complexity index is 292. The van der Waals surface area contributed by atoms with Crippen LogP contribution < -0.4 is 0 Å². The molecule has 1 atom stereocenters. The first-order chi connectivity index (χ1) is 5.91. The van der Waals surface area contributed by atoms with Crippen LogP contribution >= 0.6 is 0 Å². The molecule has 1 saturated heterocycles. The van der Waals surface area contributed by atoms with Gasteiger partial charge in [0, 0.05) is 0 Å². The van der Waals surface area contributed by atoms with E-state index in [0.717, 1.165) is 0 Å². The van der Waals surface area contributed by atoms with E-state index in [1.165, 1.54) is 0 Å². The molecular formula is C7H12O5S. The van der Waals surface area contributed by atoms with E-state index in [1.807, 2.05) is 0 Å². The van der Waals surface area contributed by atoms with Crippen LogP contribution in [0, 0.1) is 5.92 Å². The van der Waals surface area contributed by atoms with Crippen molar-refractivity contribution in [3.63, 3.8) is 0 Å². The van der Waals surface area contributed by atoms with Gasteiger partial charge in [-0.15, -0.1) is 0 Å². The van der Waals surface area contributed by atoms with E-state index >= 15 is 0 Å². The van der Waals surface area contributed by atoms with Gasteiger partial charge in [0.15, 0.2) is 0 Å². The van der Waals surface area contributed by atoms with E-state index in [2.05, 4.69) is 4.18 Å². The minimum Gasteiger partial charge on any atom is -0.458 e. The Balaban J connectivity index is 2.46. The van der Waals surface area contributed by atoms with Crippen molar-refractivity contribution in [2.24, 2.45) is 5.92 Å². The molecule has 76 valence electrons. The van der Waals surface area contributed by atoms with E-state index < -0.39 is 22.2 Å². The largest absolute Gasteiger partial charge is 0.458 e. The zero-order valence-electron chi connectivity index (χ0n) is 7.52. The first kappa shape index (κ1) is 10.5. The summed E-state index contributed by atoms with van der Waals surface area (Å²) in [6.45, 7) is 3.32. The lowest BCUT2D eigenvalue weighted by Crippen LogP contribution is -2.24. The Morgan fingerprint density at radius 1 is 1.54 bits per heavy atom. The molecular weight excluding hydrogens is 196 g/mol. The summed E-state index contributed by atoms with van der Waals surface area (Å²) in [4.78, 5) is 11.0. The van der Waals surface area contributed by atoms with Gasteiger partial charge in [0.05, 0.1) is 5.92 Å². The van der Waals surface area contributed by atoms with Crippen LogP contribution in [0.2, 0.25) is 0 Å². The molecule has 0 N–H and O–H groups in total. The Hall–Kier alpha value is -0.620. The topological polar surface area (TPSA) is 69.7 Å². The summed E-state index contributed by atoms with van der Waals surface area (Å²) < 4.78 is 30.9. The van der Waals surface area contributed by atoms with Gasteiger partial charge in [-0.3, -0.25) is 8.98 Å². The number of rotatable bonds is 2. The van der Waals surface area contributed by atoms with Crippen LogP contribution in [0.1, 0.15) is 13.8 Å². The quantitative estimate of drug-likeness (QED) is 0.468. The molecule has 0 radical (unpaired) electrons. The molecule has 5 nitrogen and oxygen atoms in total. The lowest BCUT2D eigenvalue weighted by atomic mass is 10.2. The third-order valence-corrected chi connectivity index (χ3v) is 2.85. The maximum absolute atomic E-state index is 11.0. The summed E-state index contributed by atoms with van der Waals surface area (Å²) in [5.74, 6) is -0.875. The summed E-state index contributed by atoms with van der Waals surface area (Å²) in [5.41, 5.74) is 0. The van der Waals surface area contributed by atoms with Gasteiger partial charge in [0.25, 0.3) is 10.1 Å². The molecule has 0 aromatic heterocycles. The second-order valence-corrected chi connectivity index (χ2v) is 4.91. The van der Waals surface area contributed by atoms with Crippen LogP contribution in [-0.4, -0.2) is 32.9 Å². The molecule has 1 heterocycles. The van der Waals surface area contributed by atoms with E-state index in [1.54, 1.807) is 13.8 Å². The SMILES string of the molecule is CC(C)C(=O)OC1COS(=O)(=O)C1. The third kappa shape index (κ3) is 2.96. The van der Waals surface area contributed by atoms with Gasteiger partial charge in [-0.1, -0.05) is 13.8 Å². The smallest absolute Gasteiger partial charge is 0.308 e. The average molecular weight is 208 g/mol. The van der Waals surface area contributed by atoms with Crippen LogP contribution in [-0.2, 0) is 23.8 Å². The van der Waals surface area contributed by atoms with Crippen LogP contribution in [0.5, 0.6) is 0 Å². The van der Waals surface area contributed by atoms with Crippen molar-refractivity contribution in [2.45, 2.75) is 20.0 Å². The predicted molar refractivity (Wildman–Crippen MR) is 44.5 cm³/mol. The molecule has 0 amide bonds. The fraction of sp³-hybridized carbons (Fsp3) is 0.857. The summed E-state index contributed by atoms with van der Waals surface area (Å²) >= 11 is 0. The zero-order valence-corrected chi connectivity index (χ0v) is 8.33. The first-order valence-corrected chi connectivity index (χ1v) is 5.56. The molecule has 0 spiro atoms. The molecule has 1 aliphatic rings. The number of hydrogen-bond donors (Lipinski definition) is 0. The normalized spacial score (nSPS) is 26.2. The number of ether oxygens (including phenoxy) is 1. The highest BCUT2D eigenvalue weighted by atomic mass is 32.2. The van der Waals surface area contributed by atoms with Crippen molar-refractivity contribution in [3.05, 3.63) is 0 Å². The fourth-order valence-corrected chi connectivity index (χ4v) is 1.95. The Morgan fingerprint density at radius 3 is 2.54 bits per heavy atom. The number of carbonyl (C=O) groups excluding carboxylic acids is 1. The van der Waals surface area contributed by atoms with Crippen molar-refractivity contribution in [2.75, 3.05) is 12.4 Å². The predicted octanol–water partition coefficient (Wildman–Crippen LogP) is -0.0858. The van der Waals surface area contributed by atoms with Crippen molar-refractivity contribution < 1.29 is 22.1 Å². The minimum atomic E-state index is -3.44. The maximum atomic E-state index is 11.0. The monoisotopic (exact) mass is 208 g/mol. The molecule has 1 rings (SSSR count). The van der Waals surface area contributed by atoms with Gasteiger partial charge >= 0.3 is 5.97 Å². The van der Waals surface area contributed by atoms with Crippen LogP contribution in [0.4, 0.5) is 0 Å².